The fourth-order valence-corrected chi connectivity index (χ4v) is 4.30. The van der Waals surface area contributed by atoms with Crippen LogP contribution in [-0.4, -0.2) is 56.2 Å². The van der Waals surface area contributed by atoms with E-state index in [1.54, 1.807) is 43.3 Å². The number of nitrogens with one attached hydrogen (secondary N) is 2. The molecule has 2 aliphatic rings. The van der Waals surface area contributed by atoms with Crippen LogP contribution >= 0.6 is 11.6 Å². The average Bonchev–Trinajstić information content (AvgIpc) is 2.80. The molecule has 2 aromatic rings. The van der Waals surface area contributed by atoms with Crippen molar-refractivity contribution in [3.63, 3.8) is 0 Å². The van der Waals surface area contributed by atoms with Crippen molar-refractivity contribution in [3.8, 4) is 0 Å². The fraction of sp³-hybridized carbons (Fsp3) is 0.333. The number of benzene rings is 2. The summed E-state index contributed by atoms with van der Waals surface area (Å²) in [4.78, 5) is 29.5. The maximum Gasteiger partial charge on any atom is 0.338 e. The Morgan fingerprint density at radius 3 is 2.48 bits per heavy atom. The van der Waals surface area contributed by atoms with Gasteiger partial charge >= 0.3 is 12.0 Å². The highest BCUT2D eigenvalue weighted by atomic mass is 35.5. The number of amides is 2. The maximum atomic E-state index is 14.2. The minimum Gasteiger partial charge on any atom is -0.463 e. The third kappa shape index (κ3) is 5.29. The predicted octanol–water partition coefficient (Wildman–Crippen LogP) is 3.47. The Bertz CT molecular complexity index is 1050. The van der Waals surface area contributed by atoms with Crippen LogP contribution in [0.4, 0.5) is 14.9 Å². The first-order valence-electron chi connectivity index (χ1n) is 10.9. The highest BCUT2D eigenvalue weighted by Gasteiger charge is 2.34. The van der Waals surface area contributed by atoms with Gasteiger partial charge in [0, 0.05) is 43.4 Å². The van der Waals surface area contributed by atoms with Gasteiger partial charge < -0.3 is 20.3 Å². The predicted molar refractivity (Wildman–Crippen MR) is 125 cm³/mol. The summed E-state index contributed by atoms with van der Waals surface area (Å²) in [5.41, 5.74) is 2.20. The number of hydrogen-bond acceptors (Lipinski definition) is 5. The van der Waals surface area contributed by atoms with Crippen LogP contribution in [0, 0.1) is 5.82 Å². The van der Waals surface area contributed by atoms with Crippen LogP contribution < -0.4 is 15.5 Å². The zero-order valence-corrected chi connectivity index (χ0v) is 19.1. The van der Waals surface area contributed by atoms with E-state index >= 15 is 0 Å². The number of rotatable bonds is 6. The first-order valence-corrected chi connectivity index (χ1v) is 11.3. The molecule has 4 rings (SSSR count). The van der Waals surface area contributed by atoms with Crippen molar-refractivity contribution < 1.29 is 18.7 Å². The van der Waals surface area contributed by atoms with Crippen molar-refractivity contribution in [1.82, 2.24) is 15.5 Å². The molecule has 33 heavy (non-hydrogen) atoms. The number of carbonyl (C=O) groups excluding carboxylic acids is 2. The molecule has 0 unspecified atom stereocenters. The van der Waals surface area contributed by atoms with Crippen molar-refractivity contribution in [2.45, 2.75) is 13.0 Å². The van der Waals surface area contributed by atoms with Gasteiger partial charge in [0.05, 0.1) is 23.9 Å². The molecule has 1 saturated heterocycles. The number of esters is 1. The molecular formula is C24H26ClFN4O3. The zero-order valence-electron chi connectivity index (χ0n) is 18.3. The molecule has 2 aromatic carbocycles. The standard InChI is InChI=1S/C24H26ClFN4O3/c1-2-33-23(31)21-19(27-24(32)28-22(21)16-7-9-17(25)10-8-16)15-29-11-13-30(14-12-29)20-6-4-3-5-18(20)26/h3-10,22H,2,11-15H2,1H3,(H2,27,28,32)/t22-/m0/s1. The van der Waals surface area contributed by atoms with E-state index in [9.17, 15) is 14.0 Å². The van der Waals surface area contributed by atoms with Crippen molar-refractivity contribution in [2.24, 2.45) is 0 Å². The number of nitrogens with zero attached hydrogens (tertiary/aromatic N) is 2. The summed E-state index contributed by atoms with van der Waals surface area (Å²) in [6.45, 7) is 4.92. The third-order valence-electron chi connectivity index (χ3n) is 5.80. The van der Waals surface area contributed by atoms with Gasteiger partial charge in [0.1, 0.15) is 5.82 Å². The molecule has 7 nitrogen and oxygen atoms in total. The smallest absolute Gasteiger partial charge is 0.338 e. The monoisotopic (exact) mass is 472 g/mol. The lowest BCUT2D eigenvalue weighted by atomic mass is 9.95. The average molecular weight is 473 g/mol. The minimum atomic E-state index is -0.648. The summed E-state index contributed by atoms with van der Waals surface area (Å²) in [7, 11) is 0. The van der Waals surface area contributed by atoms with E-state index in [1.165, 1.54) is 6.07 Å². The topological polar surface area (TPSA) is 73.9 Å². The molecule has 1 atom stereocenters. The molecule has 0 saturated carbocycles. The molecule has 174 valence electrons. The molecule has 2 aliphatic heterocycles. The van der Waals surface area contributed by atoms with E-state index in [1.807, 2.05) is 11.0 Å². The molecule has 0 radical (unpaired) electrons. The van der Waals surface area contributed by atoms with Gasteiger partial charge in [-0.2, -0.15) is 0 Å². The van der Waals surface area contributed by atoms with Gasteiger partial charge in [-0.25, -0.2) is 14.0 Å². The van der Waals surface area contributed by atoms with E-state index < -0.39 is 12.0 Å². The number of hydrogen-bond donors (Lipinski definition) is 2. The van der Waals surface area contributed by atoms with Crippen LogP contribution in [0.25, 0.3) is 0 Å². The Morgan fingerprint density at radius 1 is 1.12 bits per heavy atom. The summed E-state index contributed by atoms with van der Waals surface area (Å²) in [5.74, 6) is -0.723. The van der Waals surface area contributed by atoms with Gasteiger partial charge in [0.25, 0.3) is 0 Å². The maximum absolute atomic E-state index is 14.2. The fourth-order valence-electron chi connectivity index (χ4n) is 4.18. The number of piperazine rings is 1. The lowest BCUT2D eigenvalue weighted by molar-refractivity contribution is -0.139. The molecule has 1 fully saturated rings. The summed E-state index contributed by atoms with van der Waals surface area (Å²) in [6, 6.07) is 12.7. The Hall–Kier alpha value is -3.10. The first kappa shape index (κ1) is 23.1. The van der Waals surface area contributed by atoms with Gasteiger partial charge in [-0.15, -0.1) is 0 Å². The van der Waals surface area contributed by atoms with Crippen molar-refractivity contribution in [1.29, 1.82) is 0 Å². The number of ether oxygens (including phenoxy) is 1. The Morgan fingerprint density at radius 2 is 1.82 bits per heavy atom. The second kappa shape index (κ2) is 10.2. The SMILES string of the molecule is CCOC(=O)C1=C(CN2CCN(c3ccccc3F)CC2)NC(=O)N[C@H]1c1ccc(Cl)cc1. The normalized spacial score (nSPS) is 19.2. The highest BCUT2D eigenvalue weighted by Crippen LogP contribution is 2.29. The Balaban J connectivity index is 1.56. The molecular weight excluding hydrogens is 447 g/mol. The van der Waals surface area contributed by atoms with Gasteiger partial charge in [-0.1, -0.05) is 35.9 Å². The quantitative estimate of drug-likeness (QED) is 0.630. The zero-order chi connectivity index (χ0) is 23.4. The van der Waals surface area contributed by atoms with Crippen LogP contribution in [0.3, 0.4) is 0 Å². The first-order chi connectivity index (χ1) is 16.0. The number of carbonyl (C=O) groups is 2. The highest BCUT2D eigenvalue weighted by molar-refractivity contribution is 6.30. The van der Waals surface area contributed by atoms with Crippen molar-refractivity contribution in [2.75, 3.05) is 44.2 Å². The molecule has 9 heteroatoms. The summed E-state index contributed by atoms with van der Waals surface area (Å²) in [5, 5.41) is 6.19. The number of urea groups is 1. The largest absolute Gasteiger partial charge is 0.463 e. The minimum absolute atomic E-state index is 0.220. The molecule has 2 amide bonds. The van der Waals surface area contributed by atoms with Gasteiger partial charge in [-0.05, 0) is 36.8 Å². The van der Waals surface area contributed by atoms with Crippen LogP contribution in [0.5, 0.6) is 0 Å². The summed E-state index contributed by atoms with van der Waals surface area (Å²) >= 11 is 6.01. The lowest BCUT2D eigenvalue weighted by Crippen LogP contribution is -2.52. The summed E-state index contributed by atoms with van der Waals surface area (Å²) < 4.78 is 19.5. The van der Waals surface area contributed by atoms with E-state index in [0.717, 1.165) is 5.56 Å². The van der Waals surface area contributed by atoms with Crippen LogP contribution in [0.1, 0.15) is 18.5 Å². The molecule has 2 N–H and O–H groups in total. The number of anilines is 1. The molecule has 2 heterocycles. The van der Waals surface area contributed by atoms with Crippen molar-refractivity contribution in [3.05, 3.63) is 76.2 Å². The third-order valence-corrected chi connectivity index (χ3v) is 6.05. The second-order valence-electron chi connectivity index (χ2n) is 7.91. The van der Waals surface area contributed by atoms with Gasteiger partial charge in [0.2, 0.25) is 0 Å². The molecule has 0 spiro atoms. The van der Waals surface area contributed by atoms with E-state index in [-0.39, 0.29) is 18.5 Å². The van der Waals surface area contributed by atoms with Crippen LogP contribution in [0.2, 0.25) is 5.02 Å². The van der Waals surface area contributed by atoms with Crippen LogP contribution in [0.15, 0.2) is 59.8 Å². The lowest BCUT2D eigenvalue weighted by Gasteiger charge is -2.38. The Kier molecular flexibility index (Phi) is 7.15. The van der Waals surface area contributed by atoms with E-state index in [4.69, 9.17) is 16.3 Å². The molecule has 0 aliphatic carbocycles. The van der Waals surface area contributed by atoms with E-state index in [2.05, 4.69) is 15.5 Å². The molecule has 0 aromatic heterocycles. The van der Waals surface area contributed by atoms with Crippen molar-refractivity contribution >= 4 is 29.3 Å². The Labute approximate surface area is 197 Å². The van der Waals surface area contributed by atoms with E-state index in [0.29, 0.717) is 54.7 Å². The second-order valence-corrected chi connectivity index (χ2v) is 8.35. The van der Waals surface area contributed by atoms with Gasteiger partial charge in [-0.3, -0.25) is 4.90 Å². The number of halogens is 2. The summed E-state index contributed by atoms with van der Waals surface area (Å²) in [6.07, 6.45) is 0. The molecule has 0 bridgehead atoms. The van der Waals surface area contributed by atoms with Gasteiger partial charge in [0.15, 0.2) is 0 Å². The van der Waals surface area contributed by atoms with Crippen LogP contribution in [-0.2, 0) is 9.53 Å². The number of para-hydroxylation sites is 1.